The molecule has 126 valence electrons. The molecular weight excluding hydrogens is 324 g/mol. The Balaban J connectivity index is 1.74. The number of amides is 1. The second-order valence-corrected chi connectivity index (χ2v) is 5.73. The third-order valence-corrected chi connectivity index (χ3v) is 3.90. The fourth-order valence-corrected chi connectivity index (χ4v) is 2.67. The van der Waals surface area contributed by atoms with Gasteiger partial charge in [0.15, 0.2) is 0 Å². The molecule has 3 aromatic rings. The molecule has 4 heteroatoms. The Kier molecular flexibility index (Phi) is 4.31. The zero-order valence-corrected chi connectivity index (χ0v) is 13.9. The summed E-state index contributed by atoms with van der Waals surface area (Å²) in [6, 6.07) is 28.6. The van der Waals surface area contributed by atoms with Crippen molar-refractivity contribution in [3.05, 3.63) is 102 Å². The van der Waals surface area contributed by atoms with Crippen LogP contribution in [0.25, 0.3) is 6.08 Å². The Morgan fingerprint density at radius 2 is 1.35 bits per heavy atom. The van der Waals surface area contributed by atoms with E-state index in [1.807, 2.05) is 91.0 Å². The summed E-state index contributed by atoms with van der Waals surface area (Å²) in [5, 5.41) is 0. The number of aliphatic imine (C=N–C) groups is 1. The number of nitrogens with zero attached hydrogens (tertiary/aromatic N) is 2. The first-order chi connectivity index (χ1) is 12.8. The minimum atomic E-state index is -0.217. The number of ether oxygens (including phenoxy) is 1. The molecule has 1 amide bonds. The summed E-state index contributed by atoms with van der Waals surface area (Å²) < 4.78 is 5.89. The maximum atomic E-state index is 13.0. The Bertz CT molecular complexity index is 965. The predicted octanol–water partition coefficient (Wildman–Crippen LogP) is 4.51. The van der Waals surface area contributed by atoms with E-state index in [0.29, 0.717) is 17.1 Å². The lowest BCUT2D eigenvalue weighted by molar-refractivity contribution is -0.113. The molecule has 0 atom stereocenters. The molecule has 0 aromatic heterocycles. The highest BCUT2D eigenvalue weighted by Gasteiger charge is 2.33. The average Bonchev–Trinajstić information content (AvgIpc) is 2.99. The zero-order valence-electron chi connectivity index (χ0n) is 13.9. The van der Waals surface area contributed by atoms with Gasteiger partial charge in [-0.15, -0.1) is 0 Å². The van der Waals surface area contributed by atoms with Crippen LogP contribution in [0.15, 0.2) is 102 Å². The van der Waals surface area contributed by atoms with E-state index in [4.69, 9.17) is 4.74 Å². The van der Waals surface area contributed by atoms with Gasteiger partial charge in [-0.25, -0.2) is 4.90 Å². The summed E-state index contributed by atoms with van der Waals surface area (Å²) >= 11 is 0. The number of para-hydroxylation sites is 2. The number of carbonyl (C=O) groups excluding carboxylic acids is 1. The SMILES string of the molecule is O=C1/C(=C/c2ccccc2)N=C(Oc2ccccc2)N1c1ccccc1. The standard InChI is InChI=1S/C22H16N2O2/c25-21-20(16-17-10-4-1-5-11-17)23-22(26-19-14-8-3-9-15-19)24(21)18-12-6-2-7-13-18/h1-16H/b20-16-. The molecule has 4 nitrogen and oxygen atoms in total. The summed E-state index contributed by atoms with van der Waals surface area (Å²) in [5.41, 5.74) is 1.96. The third kappa shape index (κ3) is 3.26. The highest BCUT2D eigenvalue weighted by atomic mass is 16.5. The lowest BCUT2D eigenvalue weighted by atomic mass is 10.2. The molecule has 0 saturated heterocycles. The molecular formula is C22H16N2O2. The summed E-state index contributed by atoms with van der Waals surface area (Å²) in [6.45, 7) is 0. The minimum Gasteiger partial charge on any atom is -0.425 e. The van der Waals surface area contributed by atoms with Crippen LogP contribution in [0.1, 0.15) is 5.56 Å². The van der Waals surface area contributed by atoms with E-state index in [1.165, 1.54) is 4.90 Å². The lowest BCUT2D eigenvalue weighted by Crippen LogP contribution is -2.35. The molecule has 0 spiro atoms. The van der Waals surface area contributed by atoms with E-state index < -0.39 is 0 Å². The van der Waals surface area contributed by atoms with E-state index in [2.05, 4.69) is 4.99 Å². The van der Waals surface area contributed by atoms with Gasteiger partial charge in [0.1, 0.15) is 11.4 Å². The predicted molar refractivity (Wildman–Crippen MR) is 103 cm³/mol. The molecule has 0 radical (unpaired) electrons. The average molecular weight is 340 g/mol. The van der Waals surface area contributed by atoms with Gasteiger partial charge in [0.05, 0.1) is 5.69 Å². The smallest absolute Gasteiger partial charge is 0.310 e. The van der Waals surface area contributed by atoms with E-state index in [-0.39, 0.29) is 11.9 Å². The summed E-state index contributed by atoms with van der Waals surface area (Å²) in [6.07, 6.45) is 1.76. The van der Waals surface area contributed by atoms with Crippen molar-refractivity contribution >= 4 is 23.7 Å². The molecule has 0 bridgehead atoms. The Hall–Kier alpha value is -3.66. The molecule has 4 rings (SSSR count). The van der Waals surface area contributed by atoms with E-state index in [1.54, 1.807) is 6.08 Å². The van der Waals surface area contributed by atoms with Crippen molar-refractivity contribution in [1.29, 1.82) is 0 Å². The van der Waals surface area contributed by atoms with Crippen LogP contribution >= 0.6 is 0 Å². The van der Waals surface area contributed by atoms with Crippen LogP contribution in [0.3, 0.4) is 0 Å². The Labute approximate surface area is 151 Å². The molecule has 0 saturated carbocycles. The van der Waals surface area contributed by atoms with Crippen molar-refractivity contribution in [3.8, 4) is 5.75 Å². The number of hydrogen-bond acceptors (Lipinski definition) is 3. The molecule has 1 aliphatic rings. The third-order valence-electron chi connectivity index (χ3n) is 3.90. The van der Waals surface area contributed by atoms with Crippen LogP contribution in [-0.2, 0) is 4.79 Å². The number of rotatable bonds is 3. The Morgan fingerprint density at radius 1 is 0.769 bits per heavy atom. The highest BCUT2D eigenvalue weighted by Crippen LogP contribution is 2.26. The molecule has 3 aromatic carbocycles. The van der Waals surface area contributed by atoms with Crippen LogP contribution in [-0.4, -0.2) is 11.9 Å². The Morgan fingerprint density at radius 3 is 2.00 bits per heavy atom. The monoisotopic (exact) mass is 340 g/mol. The maximum Gasteiger partial charge on any atom is 0.310 e. The van der Waals surface area contributed by atoms with Crippen LogP contribution in [0.5, 0.6) is 5.75 Å². The van der Waals surface area contributed by atoms with Gasteiger partial charge in [-0.1, -0.05) is 66.7 Å². The summed E-state index contributed by atoms with van der Waals surface area (Å²) in [7, 11) is 0. The lowest BCUT2D eigenvalue weighted by Gasteiger charge is -2.17. The van der Waals surface area contributed by atoms with Crippen molar-refractivity contribution < 1.29 is 9.53 Å². The van der Waals surface area contributed by atoms with Crippen LogP contribution in [0, 0.1) is 0 Å². The quantitative estimate of drug-likeness (QED) is 0.658. The second kappa shape index (κ2) is 7.07. The molecule has 0 fully saturated rings. The van der Waals surface area contributed by atoms with Gasteiger partial charge < -0.3 is 4.74 Å². The largest absolute Gasteiger partial charge is 0.425 e. The first-order valence-corrected chi connectivity index (χ1v) is 8.29. The first kappa shape index (κ1) is 15.8. The highest BCUT2D eigenvalue weighted by molar-refractivity contribution is 6.27. The van der Waals surface area contributed by atoms with Crippen molar-refractivity contribution in [3.63, 3.8) is 0 Å². The van der Waals surface area contributed by atoms with Gasteiger partial charge in [-0.05, 0) is 35.9 Å². The van der Waals surface area contributed by atoms with Gasteiger partial charge in [0.25, 0.3) is 5.91 Å². The number of anilines is 1. The zero-order chi connectivity index (χ0) is 17.8. The van der Waals surface area contributed by atoms with Crippen LogP contribution in [0.4, 0.5) is 5.69 Å². The van der Waals surface area contributed by atoms with E-state index in [9.17, 15) is 4.79 Å². The fraction of sp³-hybridized carbons (Fsp3) is 0. The summed E-state index contributed by atoms with van der Waals surface area (Å²) in [4.78, 5) is 18.9. The molecule has 26 heavy (non-hydrogen) atoms. The van der Waals surface area contributed by atoms with Gasteiger partial charge in [0.2, 0.25) is 0 Å². The van der Waals surface area contributed by atoms with Gasteiger partial charge >= 0.3 is 6.02 Å². The molecule has 0 N–H and O–H groups in total. The second-order valence-electron chi connectivity index (χ2n) is 5.73. The van der Waals surface area contributed by atoms with Crippen molar-refractivity contribution in [2.75, 3.05) is 4.90 Å². The van der Waals surface area contributed by atoms with E-state index >= 15 is 0 Å². The minimum absolute atomic E-state index is 0.217. The maximum absolute atomic E-state index is 13.0. The van der Waals surface area contributed by atoms with Crippen LogP contribution < -0.4 is 9.64 Å². The topological polar surface area (TPSA) is 41.9 Å². The summed E-state index contributed by atoms with van der Waals surface area (Å²) in [5.74, 6) is 0.409. The normalized spacial score (nSPS) is 15.2. The van der Waals surface area contributed by atoms with Gasteiger partial charge in [-0.2, -0.15) is 4.99 Å². The van der Waals surface area contributed by atoms with Crippen molar-refractivity contribution in [1.82, 2.24) is 0 Å². The molecule has 1 aliphatic heterocycles. The molecule has 0 unspecified atom stereocenters. The van der Waals surface area contributed by atoms with Crippen molar-refractivity contribution in [2.24, 2.45) is 4.99 Å². The fourth-order valence-electron chi connectivity index (χ4n) is 2.67. The number of carbonyl (C=O) groups is 1. The van der Waals surface area contributed by atoms with Gasteiger partial charge in [0, 0.05) is 0 Å². The van der Waals surface area contributed by atoms with Crippen LogP contribution in [0.2, 0.25) is 0 Å². The number of amidine groups is 1. The molecule has 1 heterocycles. The number of benzene rings is 3. The first-order valence-electron chi connectivity index (χ1n) is 8.29. The van der Waals surface area contributed by atoms with Gasteiger partial charge in [-0.3, -0.25) is 4.79 Å². The van der Waals surface area contributed by atoms with Crippen molar-refractivity contribution in [2.45, 2.75) is 0 Å². The molecule has 0 aliphatic carbocycles. The van der Waals surface area contributed by atoms with E-state index in [0.717, 1.165) is 5.56 Å². The number of hydrogen-bond donors (Lipinski definition) is 0.